The zero-order valence-electron chi connectivity index (χ0n) is 10.1. The second-order valence-electron chi connectivity index (χ2n) is 3.17. The molecule has 0 aromatic rings. The summed E-state index contributed by atoms with van der Waals surface area (Å²) in [5.41, 5.74) is 0. The first-order chi connectivity index (χ1) is 6.88. The molecular formula is C11H25NOS. The summed E-state index contributed by atoms with van der Waals surface area (Å²) in [6, 6.07) is 0.649. The lowest BCUT2D eigenvalue weighted by atomic mass is 10.2. The summed E-state index contributed by atoms with van der Waals surface area (Å²) in [7, 11) is 1.79. The molecule has 3 heteroatoms. The Labute approximate surface area is 93.4 Å². The molecule has 0 radical (unpaired) electrons. The van der Waals surface area contributed by atoms with E-state index in [1.807, 2.05) is 13.8 Å². The molecule has 1 aliphatic rings. The molecule has 0 unspecified atom stereocenters. The van der Waals surface area contributed by atoms with Crippen LogP contribution in [0.5, 0.6) is 0 Å². The van der Waals surface area contributed by atoms with Crippen LogP contribution in [0.1, 0.15) is 27.2 Å². The van der Waals surface area contributed by atoms with Crippen LogP contribution < -0.4 is 0 Å². The lowest BCUT2D eigenvalue weighted by Gasteiger charge is -2.33. The number of hydrogen-bond donors (Lipinski definition) is 0. The van der Waals surface area contributed by atoms with Crippen molar-refractivity contribution in [2.45, 2.75) is 33.2 Å². The largest absolute Gasteiger partial charge is 0.383 e. The number of ether oxygens (including phenoxy) is 1. The van der Waals surface area contributed by atoms with Crippen LogP contribution in [0.2, 0.25) is 0 Å². The minimum absolute atomic E-state index is 0.649. The third-order valence-corrected chi connectivity index (χ3v) is 3.33. The van der Waals surface area contributed by atoms with Crippen LogP contribution in [-0.2, 0) is 4.74 Å². The highest BCUT2D eigenvalue weighted by molar-refractivity contribution is 7.99. The molecule has 0 amide bonds. The first-order valence-electron chi connectivity index (χ1n) is 5.69. The van der Waals surface area contributed by atoms with Gasteiger partial charge in [-0.05, 0) is 6.42 Å². The van der Waals surface area contributed by atoms with Gasteiger partial charge >= 0.3 is 0 Å². The van der Waals surface area contributed by atoms with Gasteiger partial charge in [0.2, 0.25) is 0 Å². The molecule has 1 heterocycles. The molecule has 0 bridgehead atoms. The molecule has 86 valence electrons. The smallest absolute Gasteiger partial charge is 0.0617 e. The van der Waals surface area contributed by atoms with Crippen LogP contribution in [-0.4, -0.2) is 49.3 Å². The predicted molar refractivity (Wildman–Crippen MR) is 66.2 cm³/mol. The number of rotatable bonds is 4. The van der Waals surface area contributed by atoms with Gasteiger partial charge in [-0.25, -0.2) is 0 Å². The fraction of sp³-hybridized carbons (Fsp3) is 1.00. The van der Waals surface area contributed by atoms with Crippen molar-refractivity contribution in [3.05, 3.63) is 0 Å². The van der Waals surface area contributed by atoms with Gasteiger partial charge in [0.15, 0.2) is 0 Å². The van der Waals surface area contributed by atoms with Gasteiger partial charge in [0, 0.05) is 37.7 Å². The molecule has 1 aliphatic heterocycles. The molecule has 1 saturated heterocycles. The fourth-order valence-electron chi connectivity index (χ4n) is 1.62. The Morgan fingerprint density at radius 3 is 2.29 bits per heavy atom. The first-order valence-corrected chi connectivity index (χ1v) is 6.84. The molecule has 14 heavy (non-hydrogen) atoms. The third-order valence-electron chi connectivity index (χ3n) is 2.39. The van der Waals surface area contributed by atoms with Crippen molar-refractivity contribution in [3.63, 3.8) is 0 Å². The average Bonchev–Trinajstić information content (AvgIpc) is 2.30. The molecule has 0 saturated carbocycles. The summed E-state index contributed by atoms with van der Waals surface area (Å²) in [5, 5.41) is 0. The second kappa shape index (κ2) is 9.81. The maximum atomic E-state index is 5.20. The van der Waals surface area contributed by atoms with E-state index < -0.39 is 0 Å². The van der Waals surface area contributed by atoms with Crippen molar-refractivity contribution < 1.29 is 4.74 Å². The molecule has 0 N–H and O–H groups in total. The lowest BCUT2D eigenvalue weighted by molar-refractivity contribution is 0.0941. The summed E-state index contributed by atoms with van der Waals surface area (Å²) in [5.74, 6) is 2.58. The average molecular weight is 219 g/mol. The molecule has 2 nitrogen and oxygen atoms in total. The zero-order chi connectivity index (χ0) is 10.8. The summed E-state index contributed by atoms with van der Waals surface area (Å²) >= 11 is 2.06. The Kier molecular flexibility index (Phi) is 10.0. The topological polar surface area (TPSA) is 12.5 Å². The number of thioether (sulfide) groups is 1. The van der Waals surface area contributed by atoms with Crippen LogP contribution in [0.4, 0.5) is 0 Å². The van der Waals surface area contributed by atoms with Crippen molar-refractivity contribution in [1.82, 2.24) is 4.90 Å². The third kappa shape index (κ3) is 5.23. The summed E-state index contributed by atoms with van der Waals surface area (Å²) in [6.07, 6.45) is 1.21. The molecule has 1 fully saturated rings. The van der Waals surface area contributed by atoms with Gasteiger partial charge in [0.1, 0.15) is 0 Å². The van der Waals surface area contributed by atoms with Gasteiger partial charge in [-0.2, -0.15) is 11.8 Å². The van der Waals surface area contributed by atoms with Crippen molar-refractivity contribution in [2.24, 2.45) is 0 Å². The van der Waals surface area contributed by atoms with Crippen LogP contribution in [0, 0.1) is 0 Å². The Morgan fingerprint density at radius 1 is 1.29 bits per heavy atom. The fourth-order valence-corrected chi connectivity index (χ4v) is 2.55. The van der Waals surface area contributed by atoms with Gasteiger partial charge in [0.25, 0.3) is 0 Å². The molecular weight excluding hydrogens is 194 g/mol. The van der Waals surface area contributed by atoms with Gasteiger partial charge in [0.05, 0.1) is 6.61 Å². The van der Waals surface area contributed by atoms with E-state index in [2.05, 4.69) is 23.6 Å². The van der Waals surface area contributed by atoms with E-state index in [1.54, 1.807) is 7.11 Å². The monoisotopic (exact) mass is 219 g/mol. The van der Waals surface area contributed by atoms with E-state index in [0.29, 0.717) is 6.04 Å². The molecule has 1 rings (SSSR count). The highest BCUT2D eigenvalue weighted by Gasteiger charge is 2.18. The second-order valence-corrected chi connectivity index (χ2v) is 4.39. The summed E-state index contributed by atoms with van der Waals surface area (Å²) in [4.78, 5) is 2.56. The minimum atomic E-state index is 0.649. The van der Waals surface area contributed by atoms with E-state index in [9.17, 15) is 0 Å². The first kappa shape index (κ1) is 14.3. The van der Waals surface area contributed by atoms with Crippen molar-refractivity contribution in [1.29, 1.82) is 0 Å². The van der Waals surface area contributed by atoms with E-state index in [4.69, 9.17) is 4.74 Å². The Balaban J connectivity index is 0.000000791. The Bertz CT molecular complexity index is 113. The van der Waals surface area contributed by atoms with Crippen molar-refractivity contribution in [2.75, 3.05) is 38.3 Å². The summed E-state index contributed by atoms with van der Waals surface area (Å²) < 4.78 is 5.20. The normalized spacial score (nSPS) is 19.7. The summed E-state index contributed by atoms with van der Waals surface area (Å²) in [6.45, 7) is 9.62. The van der Waals surface area contributed by atoms with Gasteiger partial charge in [-0.15, -0.1) is 0 Å². The lowest BCUT2D eigenvalue weighted by Crippen LogP contribution is -2.43. The zero-order valence-corrected chi connectivity index (χ0v) is 10.9. The highest BCUT2D eigenvalue weighted by Crippen LogP contribution is 2.13. The number of methoxy groups -OCH3 is 1. The molecule has 1 atom stereocenters. The van der Waals surface area contributed by atoms with Crippen LogP contribution >= 0.6 is 11.8 Å². The van der Waals surface area contributed by atoms with Crippen LogP contribution in [0.3, 0.4) is 0 Å². The van der Waals surface area contributed by atoms with E-state index >= 15 is 0 Å². The quantitative estimate of drug-likeness (QED) is 0.721. The molecule has 0 aromatic carbocycles. The van der Waals surface area contributed by atoms with Gasteiger partial charge < -0.3 is 4.74 Å². The number of hydrogen-bond acceptors (Lipinski definition) is 3. The molecule has 0 spiro atoms. The van der Waals surface area contributed by atoms with Gasteiger partial charge in [-0.3, -0.25) is 4.90 Å². The highest BCUT2D eigenvalue weighted by atomic mass is 32.2. The Morgan fingerprint density at radius 2 is 1.86 bits per heavy atom. The van der Waals surface area contributed by atoms with Crippen LogP contribution in [0.25, 0.3) is 0 Å². The van der Waals surface area contributed by atoms with Gasteiger partial charge in [-0.1, -0.05) is 20.8 Å². The maximum absolute atomic E-state index is 5.20. The SMILES string of the molecule is CC.CC[C@H](COC)N1CCSCC1. The minimum Gasteiger partial charge on any atom is -0.383 e. The maximum Gasteiger partial charge on any atom is 0.0617 e. The Hall–Kier alpha value is 0.270. The van der Waals surface area contributed by atoms with Crippen LogP contribution in [0.15, 0.2) is 0 Å². The number of nitrogens with zero attached hydrogens (tertiary/aromatic N) is 1. The van der Waals surface area contributed by atoms with E-state index in [1.165, 1.54) is 31.0 Å². The standard InChI is InChI=1S/C9H19NOS.C2H6/c1-3-9(8-11-2)10-4-6-12-7-5-10;1-2/h9H,3-8H2,1-2H3;1-2H3/t9-;/m1./s1. The molecule has 0 aromatic heterocycles. The molecule has 0 aliphatic carbocycles. The van der Waals surface area contributed by atoms with E-state index in [-0.39, 0.29) is 0 Å². The van der Waals surface area contributed by atoms with Crippen molar-refractivity contribution >= 4 is 11.8 Å². The van der Waals surface area contributed by atoms with E-state index in [0.717, 1.165) is 6.61 Å². The van der Waals surface area contributed by atoms with Crippen molar-refractivity contribution in [3.8, 4) is 0 Å². The predicted octanol–water partition coefficient (Wildman–Crippen LogP) is 2.49.